The van der Waals surface area contributed by atoms with Crippen LogP contribution in [0.5, 0.6) is 0 Å². The van der Waals surface area contributed by atoms with E-state index in [4.69, 9.17) is 15.0 Å². The minimum absolute atomic E-state index is 0.605. The van der Waals surface area contributed by atoms with Crippen LogP contribution in [-0.4, -0.2) is 24.9 Å². The first-order valence-electron chi connectivity index (χ1n) is 16.2. The highest BCUT2D eigenvalue weighted by molar-refractivity contribution is 5.84. The van der Waals surface area contributed by atoms with Crippen LogP contribution >= 0.6 is 0 Å². The zero-order valence-electron chi connectivity index (χ0n) is 26.9. The Hall–Kier alpha value is -6.59. The molecule has 0 bridgehead atoms. The number of rotatable bonds is 7. The van der Waals surface area contributed by atoms with E-state index in [0.717, 1.165) is 61.5 Å². The summed E-state index contributed by atoms with van der Waals surface area (Å²) in [6.45, 7) is 2.11. The molecule has 232 valence electrons. The van der Waals surface area contributed by atoms with Gasteiger partial charge in [-0.1, -0.05) is 103 Å². The Labute approximate surface area is 285 Å². The van der Waals surface area contributed by atoms with Gasteiger partial charge in [0.1, 0.15) is 0 Å². The van der Waals surface area contributed by atoms with E-state index < -0.39 is 0 Å². The molecule has 0 aliphatic heterocycles. The minimum Gasteiger partial charge on any atom is -0.256 e. The molecule has 0 fully saturated rings. The fourth-order valence-electron chi connectivity index (χ4n) is 5.93. The van der Waals surface area contributed by atoms with Crippen LogP contribution in [0.15, 0.2) is 170 Å². The maximum absolute atomic E-state index is 5.07. The number of benzene rings is 5. The summed E-state index contributed by atoms with van der Waals surface area (Å²) in [5, 5.41) is 0. The molecule has 0 saturated carbocycles. The molecule has 3 heterocycles. The molecule has 0 atom stereocenters. The van der Waals surface area contributed by atoms with Crippen molar-refractivity contribution < 1.29 is 0 Å². The molecule has 0 saturated heterocycles. The molecule has 0 unspecified atom stereocenters. The van der Waals surface area contributed by atoms with Crippen molar-refractivity contribution in [1.29, 1.82) is 0 Å². The van der Waals surface area contributed by atoms with E-state index >= 15 is 0 Å². The summed E-state index contributed by atoms with van der Waals surface area (Å²) < 4.78 is 0. The lowest BCUT2D eigenvalue weighted by Crippen LogP contribution is -2.00. The number of pyridine rings is 2. The second kappa shape index (κ2) is 13.3. The molecular weight excluding hydrogens is 599 g/mol. The van der Waals surface area contributed by atoms with Crippen LogP contribution in [0.3, 0.4) is 0 Å². The molecular formula is C44H31N5. The number of aromatic nitrogens is 5. The monoisotopic (exact) mass is 629 g/mol. The van der Waals surface area contributed by atoms with Crippen LogP contribution in [-0.2, 0) is 0 Å². The summed E-state index contributed by atoms with van der Waals surface area (Å²) in [6.07, 6.45) is 3.65. The van der Waals surface area contributed by atoms with Gasteiger partial charge in [-0.2, -0.15) is 0 Å². The molecule has 8 aromatic rings. The van der Waals surface area contributed by atoms with Crippen LogP contribution in [0.1, 0.15) is 5.56 Å². The van der Waals surface area contributed by atoms with Crippen LogP contribution < -0.4 is 0 Å². The fraction of sp³-hybridized carbons (Fsp3) is 0.0227. The maximum atomic E-state index is 5.07. The van der Waals surface area contributed by atoms with Gasteiger partial charge in [0.05, 0.1) is 11.4 Å². The van der Waals surface area contributed by atoms with Gasteiger partial charge in [-0.3, -0.25) is 9.97 Å². The topological polar surface area (TPSA) is 64.5 Å². The quantitative estimate of drug-likeness (QED) is 0.175. The summed E-state index contributed by atoms with van der Waals surface area (Å²) in [6, 6.07) is 53.9. The van der Waals surface area contributed by atoms with Gasteiger partial charge >= 0.3 is 0 Å². The van der Waals surface area contributed by atoms with E-state index in [2.05, 4.69) is 77.6 Å². The lowest BCUT2D eigenvalue weighted by molar-refractivity contribution is 1.07. The SMILES string of the molecule is Cc1ccc(-c2cc(-c3cc(-c4ccccn4)cc(-c4ccccn4)c3)cc(-c3nc(-c4ccccc4)nc(-c4ccccc4)n3)c2)cc1. The number of hydrogen-bond acceptors (Lipinski definition) is 5. The summed E-state index contributed by atoms with van der Waals surface area (Å²) in [5.74, 6) is 1.86. The predicted molar refractivity (Wildman–Crippen MR) is 198 cm³/mol. The van der Waals surface area contributed by atoms with Crippen molar-refractivity contribution in [3.8, 4) is 78.9 Å². The summed E-state index contributed by atoms with van der Waals surface area (Å²) >= 11 is 0. The van der Waals surface area contributed by atoms with E-state index in [1.807, 2.05) is 109 Å². The zero-order valence-corrected chi connectivity index (χ0v) is 26.9. The molecule has 49 heavy (non-hydrogen) atoms. The summed E-state index contributed by atoms with van der Waals surface area (Å²) in [7, 11) is 0. The van der Waals surface area contributed by atoms with Crippen molar-refractivity contribution in [3.63, 3.8) is 0 Å². The molecule has 0 radical (unpaired) electrons. The standard InChI is InChI=1S/C44H31N5/c1-30-18-20-31(21-19-30)34-24-35(36-25-37(40-16-8-10-22-45-40)29-38(26-36)41-17-9-11-23-46-41)28-39(27-34)44-48-42(32-12-4-2-5-13-32)47-43(49-44)33-14-6-3-7-15-33/h2-29H,1H3. The largest absolute Gasteiger partial charge is 0.256 e. The van der Waals surface area contributed by atoms with Gasteiger partial charge in [-0.25, -0.2) is 15.0 Å². The smallest absolute Gasteiger partial charge is 0.164 e. The third kappa shape index (κ3) is 6.51. The van der Waals surface area contributed by atoms with Gasteiger partial charge in [0.25, 0.3) is 0 Å². The second-order valence-electron chi connectivity index (χ2n) is 11.9. The van der Waals surface area contributed by atoms with Crippen LogP contribution in [0, 0.1) is 6.92 Å². The number of aryl methyl sites for hydroxylation is 1. The van der Waals surface area contributed by atoms with Gasteiger partial charge in [0.15, 0.2) is 17.5 Å². The molecule has 0 aliphatic carbocycles. The van der Waals surface area contributed by atoms with Gasteiger partial charge in [-0.05, 0) is 89.8 Å². The number of hydrogen-bond donors (Lipinski definition) is 0. The molecule has 0 amide bonds. The van der Waals surface area contributed by atoms with Crippen LogP contribution in [0.25, 0.3) is 78.9 Å². The highest BCUT2D eigenvalue weighted by Gasteiger charge is 2.16. The molecule has 0 N–H and O–H groups in total. The Bertz CT molecular complexity index is 2100. The highest BCUT2D eigenvalue weighted by Crippen LogP contribution is 2.37. The molecule has 5 nitrogen and oxygen atoms in total. The Morgan fingerprint density at radius 3 is 1.16 bits per heavy atom. The van der Waals surface area contributed by atoms with Gasteiger partial charge in [0, 0.05) is 40.2 Å². The van der Waals surface area contributed by atoms with Gasteiger partial charge in [-0.15, -0.1) is 0 Å². The summed E-state index contributed by atoms with van der Waals surface area (Å²) in [5.41, 5.74) is 12.0. The lowest BCUT2D eigenvalue weighted by atomic mass is 9.92. The normalized spacial score (nSPS) is 11.0. The fourth-order valence-corrected chi connectivity index (χ4v) is 5.93. The first-order chi connectivity index (χ1) is 24.2. The van der Waals surface area contributed by atoms with Crippen molar-refractivity contribution >= 4 is 0 Å². The zero-order chi connectivity index (χ0) is 33.0. The third-order valence-corrected chi connectivity index (χ3v) is 8.46. The first kappa shape index (κ1) is 29.8. The van der Waals surface area contributed by atoms with Gasteiger partial charge in [0.2, 0.25) is 0 Å². The molecule has 3 aromatic heterocycles. The maximum Gasteiger partial charge on any atom is 0.164 e. The Morgan fingerprint density at radius 1 is 0.306 bits per heavy atom. The van der Waals surface area contributed by atoms with E-state index in [1.54, 1.807) is 0 Å². The molecule has 5 aromatic carbocycles. The van der Waals surface area contributed by atoms with Crippen molar-refractivity contribution in [3.05, 3.63) is 176 Å². The van der Waals surface area contributed by atoms with Crippen LogP contribution in [0.2, 0.25) is 0 Å². The van der Waals surface area contributed by atoms with E-state index in [0.29, 0.717) is 17.5 Å². The van der Waals surface area contributed by atoms with Crippen LogP contribution in [0.4, 0.5) is 0 Å². The minimum atomic E-state index is 0.605. The van der Waals surface area contributed by atoms with Crippen molar-refractivity contribution in [2.45, 2.75) is 6.92 Å². The van der Waals surface area contributed by atoms with Crippen molar-refractivity contribution in [2.24, 2.45) is 0 Å². The van der Waals surface area contributed by atoms with Gasteiger partial charge < -0.3 is 0 Å². The van der Waals surface area contributed by atoms with Crippen molar-refractivity contribution in [2.75, 3.05) is 0 Å². The third-order valence-electron chi connectivity index (χ3n) is 8.46. The molecule has 0 aliphatic rings. The van der Waals surface area contributed by atoms with E-state index in [1.165, 1.54) is 5.56 Å². The average Bonchev–Trinajstić information content (AvgIpc) is 3.19. The van der Waals surface area contributed by atoms with E-state index in [-0.39, 0.29) is 0 Å². The summed E-state index contributed by atoms with van der Waals surface area (Å²) in [4.78, 5) is 24.4. The van der Waals surface area contributed by atoms with Crippen molar-refractivity contribution in [1.82, 2.24) is 24.9 Å². The molecule has 5 heteroatoms. The average molecular weight is 630 g/mol. The molecule has 0 spiro atoms. The number of nitrogens with zero attached hydrogens (tertiary/aromatic N) is 5. The Morgan fingerprint density at radius 2 is 0.694 bits per heavy atom. The first-order valence-corrected chi connectivity index (χ1v) is 16.2. The predicted octanol–water partition coefficient (Wildman–Crippen LogP) is 10.6. The van der Waals surface area contributed by atoms with E-state index in [9.17, 15) is 0 Å². The highest BCUT2D eigenvalue weighted by atomic mass is 15.0. The second-order valence-corrected chi connectivity index (χ2v) is 11.9. The lowest BCUT2D eigenvalue weighted by Gasteiger charge is -2.14. The Balaban J connectivity index is 1.37. The Kier molecular flexibility index (Phi) is 8.06. The molecule has 8 rings (SSSR count).